The van der Waals surface area contributed by atoms with Crippen LogP contribution in [0, 0.1) is 0 Å². The molecule has 0 radical (unpaired) electrons. The number of hydrogen-bond acceptors (Lipinski definition) is 6. The molecule has 0 atom stereocenters. The maximum absolute atomic E-state index is 11.5. The number of benzene rings is 2. The van der Waals surface area contributed by atoms with Gasteiger partial charge in [-0.1, -0.05) is 0 Å². The third-order valence-corrected chi connectivity index (χ3v) is 4.89. The van der Waals surface area contributed by atoms with Crippen molar-refractivity contribution in [2.24, 2.45) is 0 Å². The lowest BCUT2D eigenvalue weighted by Gasteiger charge is -2.02. The quantitative estimate of drug-likeness (QED) is 0.583. The van der Waals surface area contributed by atoms with Gasteiger partial charge < -0.3 is 9.73 Å². The molecule has 0 amide bonds. The first-order valence-electron chi connectivity index (χ1n) is 7.45. The zero-order chi connectivity index (χ0) is 17.4. The Hall–Kier alpha value is -3.13. The van der Waals surface area contributed by atoms with E-state index in [0.717, 1.165) is 22.2 Å². The highest BCUT2D eigenvalue weighted by Crippen LogP contribution is 2.26. The highest BCUT2D eigenvalue weighted by atomic mass is 32.2. The van der Waals surface area contributed by atoms with Crippen molar-refractivity contribution >= 4 is 32.4 Å². The van der Waals surface area contributed by atoms with E-state index < -0.39 is 9.84 Å². The van der Waals surface area contributed by atoms with Crippen molar-refractivity contribution in [3.63, 3.8) is 0 Å². The van der Waals surface area contributed by atoms with E-state index in [0.29, 0.717) is 11.8 Å². The third-order valence-electron chi connectivity index (χ3n) is 3.76. The monoisotopic (exact) mass is 354 g/mol. The Morgan fingerprint density at radius 1 is 1.08 bits per heavy atom. The van der Waals surface area contributed by atoms with Gasteiger partial charge in [0.25, 0.3) is 6.01 Å². The summed E-state index contributed by atoms with van der Waals surface area (Å²) in [6, 6.07) is 12.6. The molecule has 126 valence electrons. The first-order chi connectivity index (χ1) is 12.0. The summed E-state index contributed by atoms with van der Waals surface area (Å²) < 4.78 is 28.7. The number of aromatic nitrogens is 3. The van der Waals surface area contributed by atoms with Crippen LogP contribution in [-0.2, 0) is 9.84 Å². The second-order valence-electron chi connectivity index (χ2n) is 5.62. The fourth-order valence-corrected chi connectivity index (χ4v) is 3.11. The maximum Gasteiger partial charge on any atom is 0.299 e. The van der Waals surface area contributed by atoms with Gasteiger partial charge in [-0.15, -0.1) is 0 Å². The van der Waals surface area contributed by atoms with Gasteiger partial charge in [0.05, 0.1) is 22.8 Å². The molecule has 2 N–H and O–H groups in total. The highest BCUT2D eigenvalue weighted by molar-refractivity contribution is 7.90. The average molecular weight is 354 g/mol. The second-order valence-corrected chi connectivity index (χ2v) is 7.64. The number of oxazole rings is 1. The fraction of sp³-hybridized carbons (Fsp3) is 0.0588. The molecule has 0 fully saturated rings. The summed E-state index contributed by atoms with van der Waals surface area (Å²) in [5, 5.41) is 11.0. The third kappa shape index (κ3) is 3.11. The van der Waals surface area contributed by atoms with Crippen molar-refractivity contribution in [3.05, 3.63) is 54.9 Å². The van der Waals surface area contributed by atoms with Crippen molar-refractivity contribution in [2.75, 3.05) is 11.6 Å². The van der Waals surface area contributed by atoms with E-state index >= 15 is 0 Å². The summed E-state index contributed by atoms with van der Waals surface area (Å²) in [7, 11) is -3.22. The smallest absolute Gasteiger partial charge is 0.299 e. The summed E-state index contributed by atoms with van der Waals surface area (Å²) in [6.07, 6.45) is 4.51. The van der Waals surface area contributed by atoms with Crippen LogP contribution in [0.25, 0.3) is 22.2 Å². The lowest BCUT2D eigenvalue weighted by atomic mass is 10.2. The summed E-state index contributed by atoms with van der Waals surface area (Å²) in [5.74, 6) is 0.548. The van der Waals surface area contributed by atoms with E-state index in [1.54, 1.807) is 36.7 Å². The molecule has 2 aromatic heterocycles. The Morgan fingerprint density at radius 2 is 1.88 bits per heavy atom. The SMILES string of the molecule is CS(=O)(=O)c1ccc(-c2cnc(Nc3ccc4[nH]ncc4c3)o2)cc1. The molecule has 2 aromatic carbocycles. The Bertz CT molecular complexity index is 1140. The maximum atomic E-state index is 11.5. The molecule has 0 unspecified atom stereocenters. The average Bonchev–Trinajstić information content (AvgIpc) is 3.23. The van der Waals surface area contributed by atoms with Crippen LogP contribution in [0.3, 0.4) is 0 Å². The van der Waals surface area contributed by atoms with Crippen LogP contribution in [0.5, 0.6) is 0 Å². The van der Waals surface area contributed by atoms with Crippen LogP contribution >= 0.6 is 0 Å². The minimum absolute atomic E-state index is 0.266. The Balaban J connectivity index is 1.57. The molecule has 4 rings (SSSR count). The number of anilines is 2. The van der Waals surface area contributed by atoms with Crippen LogP contribution in [-0.4, -0.2) is 29.9 Å². The number of aromatic amines is 1. The molecule has 0 aliphatic carbocycles. The topological polar surface area (TPSA) is 101 Å². The molecule has 4 aromatic rings. The van der Waals surface area contributed by atoms with Gasteiger partial charge in [0.1, 0.15) is 0 Å². The van der Waals surface area contributed by atoms with Gasteiger partial charge in [-0.25, -0.2) is 13.4 Å². The lowest BCUT2D eigenvalue weighted by Crippen LogP contribution is -1.95. The minimum Gasteiger partial charge on any atom is -0.423 e. The van der Waals surface area contributed by atoms with Crippen molar-refractivity contribution in [2.45, 2.75) is 4.90 Å². The Labute approximate surface area is 143 Å². The van der Waals surface area contributed by atoms with Crippen LogP contribution in [0.15, 0.2) is 64.2 Å². The molecule has 0 aliphatic rings. The lowest BCUT2D eigenvalue weighted by molar-refractivity contribution is 0.591. The largest absolute Gasteiger partial charge is 0.423 e. The van der Waals surface area contributed by atoms with E-state index in [-0.39, 0.29) is 4.90 Å². The molecule has 7 nitrogen and oxygen atoms in total. The van der Waals surface area contributed by atoms with E-state index in [2.05, 4.69) is 20.5 Å². The van der Waals surface area contributed by atoms with Gasteiger partial charge >= 0.3 is 0 Å². The van der Waals surface area contributed by atoms with Crippen LogP contribution < -0.4 is 5.32 Å². The molecule has 0 aliphatic heterocycles. The van der Waals surface area contributed by atoms with Gasteiger partial charge in [-0.2, -0.15) is 5.10 Å². The van der Waals surface area contributed by atoms with Gasteiger partial charge in [-0.05, 0) is 42.5 Å². The van der Waals surface area contributed by atoms with Crippen molar-refractivity contribution in [1.82, 2.24) is 15.2 Å². The molecule has 0 spiro atoms. The van der Waals surface area contributed by atoms with Crippen molar-refractivity contribution < 1.29 is 12.8 Å². The van der Waals surface area contributed by atoms with Crippen LogP contribution in [0.2, 0.25) is 0 Å². The van der Waals surface area contributed by atoms with E-state index in [9.17, 15) is 8.42 Å². The van der Waals surface area contributed by atoms with Crippen LogP contribution in [0.1, 0.15) is 0 Å². The molecular formula is C17H14N4O3S. The molecule has 0 bridgehead atoms. The van der Waals surface area contributed by atoms with Gasteiger partial charge in [0.15, 0.2) is 15.6 Å². The fourth-order valence-electron chi connectivity index (χ4n) is 2.48. The first-order valence-corrected chi connectivity index (χ1v) is 9.35. The van der Waals surface area contributed by atoms with E-state index in [4.69, 9.17) is 4.42 Å². The normalized spacial score (nSPS) is 11.7. The number of sulfone groups is 1. The summed E-state index contributed by atoms with van der Waals surface area (Å²) in [5.41, 5.74) is 2.53. The second kappa shape index (κ2) is 5.75. The number of rotatable bonds is 4. The summed E-state index contributed by atoms with van der Waals surface area (Å²) in [4.78, 5) is 4.47. The number of hydrogen-bond donors (Lipinski definition) is 2. The van der Waals surface area contributed by atoms with Crippen molar-refractivity contribution in [3.8, 4) is 11.3 Å². The number of nitrogens with one attached hydrogen (secondary N) is 2. The molecule has 8 heteroatoms. The molecule has 25 heavy (non-hydrogen) atoms. The first kappa shape index (κ1) is 15.4. The highest BCUT2D eigenvalue weighted by Gasteiger charge is 2.10. The zero-order valence-electron chi connectivity index (χ0n) is 13.2. The summed E-state index contributed by atoms with van der Waals surface area (Å²) in [6.45, 7) is 0. The Kier molecular flexibility index (Phi) is 3.54. The predicted octanol–water partition coefficient (Wildman–Crippen LogP) is 3.37. The van der Waals surface area contributed by atoms with Gasteiger partial charge in [-0.3, -0.25) is 5.10 Å². The summed E-state index contributed by atoms with van der Waals surface area (Å²) >= 11 is 0. The number of H-pyrrole nitrogens is 1. The molecule has 0 saturated carbocycles. The standard InChI is InChI=1S/C17H14N4O3S/c1-25(22,23)14-5-2-11(3-6-14)16-10-18-17(24-16)20-13-4-7-15-12(8-13)9-19-21-15/h2-10H,1H3,(H,18,20)(H,19,21). The van der Waals surface area contributed by atoms with E-state index in [1.807, 2.05) is 18.2 Å². The zero-order valence-corrected chi connectivity index (χ0v) is 14.0. The number of nitrogens with zero attached hydrogens (tertiary/aromatic N) is 2. The Morgan fingerprint density at radius 3 is 2.64 bits per heavy atom. The molecular weight excluding hydrogens is 340 g/mol. The molecule has 2 heterocycles. The predicted molar refractivity (Wildman–Crippen MR) is 94.4 cm³/mol. The molecule has 0 saturated heterocycles. The van der Waals surface area contributed by atoms with Gasteiger partial charge in [0.2, 0.25) is 0 Å². The van der Waals surface area contributed by atoms with Gasteiger partial charge in [0, 0.05) is 22.9 Å². The minimum atomic E-state index is -3.22. The van der Waals surface area contributed by atoms with Crippen molar-refractivity contribution in [1.29, 1.82) is 0 Å². The van der Waals surface area contributed by atoms with E-state index in [1.165, 1.54) is 6.26 Å². The number of fused-ring (bicyclic) bond motifs is 1. The van der Waals surface area contributed by atoms with Crippen LogP contribution in [0.4, 0.5) is 11.7 Å².